The Morgan fingerprint density at radius 3 is 2.83 bits per heavy atom. The highest BCUT2D eigenvalue weighted by molar-refractivity contribution is 8.00. The molecule has 148 valence electrons. The summed E-state index contributed by atoms with van der Waals surface area (Å²) in [5.41, 5.74) is 1.51. The Morgan fingerprint density at radius 2 is 2.07 bits per heavy atom. The number of amides is 2. The van der Waals surface area contributed by atoms with Crippen molar-refractivity contribution in [1.29, 1.82) is 0 Å². The van der Waals surface area contributed by atoms with Crippen LogP contribution in [0.4, 0.5) is 15.2 Å². The minimum Gasteiger partial charge on any atom is -0.312 e. The average molecular weight is 430 g/mol. The van der Waals surface area contributed by atoms with E-state index in [0.717, 1.165) is 10.0 Å². The van der Waals surface area contributed by atoms with Crippen molar-refractivity contribution in [2.75, 3.05) is 16.8 Å². The second-order valence-corrected chi connectivity index (χ2v) is 8.55. The number of pyridine rings is 1. The van der Waals surface area contributed by atoms with Gasteiger partial charge in [-0.3, -0.25) is 14.6 Å². The van der Waals surface area contributed by atoms with E-state index in [1.807, 2.05) is 18.2 Å². The Morgan fingerprint density at radius 1 is 1.24 bits per heavy atom. The van der Waals surface area contributed by atoms with Crippen molar-refractivity contribution in [3.8, 4) is 0 Å². The Bertz CT molecular complexity index is 1010. The molecule has 1 saturated heterocycles. The molecular formula is C19H16FN5O2S2. The number of nitrogens with zero attached hydrogens (tertiary/aromatic N) is 4. The van der Waals surface area contributed by atoms with Crippen molar-refractivity contribution in [3.63, 3.8) is 0 Å². The lowest BCUT2D eigenvalue weighted by Crippen LogP contribution is -2.28. The first-order chi connectivity index (χ1) is 14.1. The fraction of sp³-hybridized carbons (Fsp3) is 0.211. The number of carbonyl (C=O) groups excluding carboxylic acids is 2. The zero-order valence-electron chi connectivity index (χ0n) is 15.1. The van der Waals surface area contributed by atoms with Crippen molar-refractivity contribution in [2.24, 2.45) is 5.92 Å². The first-order valence-electron chi connectivity index (χ1n) is 8.81. The zero-order chi connectivity index (χ0) is 20.2. The van der Waals surface area contributed by atoms with Gasteiger partial charge >= 0.3 is 0 Å². The van der Waals surface area contributed by atoms with Crippen LogP contribution in [0.15, 0.2) is 53.0 Å². The van der Waals surface area contributed by atoms with Crippen molar-refractivity contribution in [2.45, 2.75) is 16.5 Å². The molecule has 1 aromatic carbocycles. The second kappa shape index (κ2) is 8.66. The molecule has 1 aliphatic heterocycles. The van der Waals surface area contributed by atoms with Crippen molar-refractivity contribution < 1.29 is 14.0 Å². The molecule has 1 atom stereocenters. The quantitative estimate of drug-likeness (QED) is 0.478. The molecule has 3 heterocycles. The van der Waals surface area contributed by atoms with Crippen LogP contribution >= 0.6 is 23.1 Å². The topological polar surface area (TPSA) is 88.1 Å². The van der Waals surface area contributed by atoms with E-state index in [4.69, 9.17) is 0 Å². The molecule has 0 spiro atoms. The maximum Gasteiger partial charge on any atom is 0.231 e. The molecular weight excluding hydrogens is 413 g/mol. The summed E-state index contributed by atoms with van der Waals surface area (Å²) in [6.45, 7) is 0.246. The van der Waals surface area contributed by atoms with E-state index in [1.54, 1.807) is 6.20 Å². The van der Waals surface area contributed by atoms with Gasteiger partial charge in [0, 0.05) is 30.6 Å². The maximum atomic E-state index is 13.1. The SMILES string of the molecule is O=C(Nc1nnc(SCc2ccccn2)s1)[C@@H]1CC(=O)N(c2ccc(F)cc2)C1. The fourth-order valence-corrected chi connectivity index (χ4v) is 4.57. The summed E-state index contributed by atoms with van der Waals surface area (Å²) in [5, 5.41) is 11.2. The lowest BCUT2D eigenvalue weighted by Gasteiger charge is -2.16. The molecule has 0 aliphatic carbocycles. The highest BCUT2D eigenvalue weighted by atomic mass is 32.2. The standard InChI is InChI=1S/C19H16FN5O2S2/c20-13-4-6-15(7-5-13)25-10-12(9-16(25)26)17(27)22-18-23-24-19(29-18)28-11-14-3-1-2-8-21-14/h1-8,12H,9-11H2,(H,22,23,27)/t12-/m1/s1. The number of carbonyl (C=O) groups is 2. The number of nitrogens with one attached hydrogen (secondary N) is 1. The Kier molecular flexibility index (Phi) is 5.81. The lowest BCUT2D eigenvalue weighted by atomic mass is 10.1. The van der Waals surface area contributed by atoms with Crippen LogP contribution in [0.1, 0.15) is 12.1 Å². The van der Waals surface area contributed by atoms with Gasteiger partial charge in [-0.1, -0.05) is 29.2 Å². The summed E-state index contributed by atoms with van der Waals surface area (Å²) >= 11 is 2.77. The molecule has 2 aromatic heterocycles. The smallest absolute Gasteiger partial charge is 0.231 e. The van der Waals surface area contributed by atoms with E-state index >= 15 is 0 Å². The van der Waals surface area contributed by atoms with Gasteiger partial charge in [0.2, 0.25) is 16.9 Å². The molecule has 4 rings (SSSR count). The van der Waals surface area contributed by atoms with Crippen LogP contribution in [0, 0.1) is 11.7 Å². The summed E-state index contributed by atoms with van der Waals surface area (Å²) in [6, 6.07) is 11.4. The van der Waals surface area contributed by atoms with Crippen molar-refractivity contribution in [3.05, 3.63) is 60.2 Å². The van der Waals surface area contributed by atoms with Crippen LogP contribution in [0.2, 0.25) is 0 Å². The third kappa shape index (κ3) is 4.77. The number of thioether (sulfide) groups is 1. The molecule has 10 heteroatoms. The van der Waals surface area contributed by atoms with Crippen LogP contribution in [0.25, 0.3) is 0 Å². The van der Waals surface area contributed by atoms with Gasteiger partial charge in [0.1, 0.15) is 5.82 Å². The van der Waals surface area contributed by atoms with Gasteiger partial charge in [-0.2, -0.15) is 0 Å². The van der Waals surface area contributed by atoms with E-state index < -0.39 is 5.92 Å². The predicted molar refractivity (Wildman–Crippen MR) is 109 cm³/mol. The van der Waals surface area contributed by atoms with Gasteiger partial charge < -0.3 is 10.2 Å². The number of aromatic nitrogens is 3. The molecule has 1 N–H and O–H groups in total. The zero-order valence-corrected chi connectivity index (χ0v) is 16.8. The number of hydrogen-bond donors (Lipinski definition) is 1. The van der Waals surface area contributed by atoms with Crippen LogP contribution in [-0.4, -0.2) is 33.5 Å². The molecule has 0 bridgehead atoms. The molecule has 3 aromatic rings. The number of rotatable bonds is 6. The maximum absolute atomic E-state index is 13.1. The van der Waals surface area contributed by atoms with Gasteiger partial charge in [-0.05, 0) is 36.4 Å². The normalized spacial score (nSPS) is 16.2. The van der Waals surface area contributed by atoms with Crippen molar-refractivity contribution >= 4 is 45.7 Å². The summed E-state index contributed by atoms with van der Waals surface area (Å²) in [7, 11) is 0. The predicted octanol–water partition coefficient (Wildman–Crippen LogP) is 3.36. The van der Waals surface area contributed by atoms with Crippen molar-refractivity contribution in [1.82, 2.24) is 15.2 Å². The van der Waals surface area contributed by atoms with Crippen LogP contribution in [-0.2, 0) is 15.3 Å². The van der Waals surface area contributed by atoms with Crippen LogP contribution in [0.3, 0.4) is 0 Å². The lowest BCUT2D eigenvalue weighted by molar-refractivity contribution is -0.122. The van der Waals surface area contributed by atoms with E-state index in [9.17, 15) is 14.0 Å². The molecule has 1 fully saturated rings. The molecule has 0 radical (unpaired) electrons. The van der Waals surface area contributed by atoms with Gasteiger partial charge in [-0.25, -0.2) is 4.39 Å². The first kappa shape index (κ1) is 19.5. The highest BCUT2D eigenvalue weighted by Crippen LogP contribution is 2.30. The summed E-state index contributed by atoms with van der Waals surface area (Å²) in [5.74, 6) is -0.655. The van der Waals surface area contributed by atoms with Gasteiger partial charge in [0.05, 0.1) is 11.6 Å². The van der Waals surface area contributed by atoms with E-state index in [1.165, 1.54) is 52.3 Å². The van der Waals surface area contributed by atoms with Gasteiger partial charge in [-0.15, -0.1) is 10.2 Å². The largest absolute Gasteiger partial charge is 0.312 e. The monoisotopic (exact) mass is 429 g/mol. The Labute approximate surface area is 174 Å². The third-order valence-electron chi connectivity index (χ3n) is 4.34. The van der Waals surface area contributed by atoms with Gasteiger partial charge in [0.15, 0.2) is 4.34 Å². The summed E-state index contributed by atoms with van der Waals surface area (Å²) < 4.78 is 13.8. The number of anilines is 2. The summed E-state index contributed by atoms with van der Waals surface area (Å²) in [6.07, 6.45) is 1.84. The molecule has 7 nitrogen and oxygen atoms in total. The fourth-order valence-electron chi connectivity index (χ4n) is 2.90. The number of halogens is 1. The molecule has 1 aliphatic rings. The van der Waals surface area contributed by atoms with E-state index in [-0.39, 0.29) is 30.6 Å². The van der Waals surface area contributed by atoms with Gasteiger partial charge in [0.25, 0.3) is 0 Å². The number of hydrogen-bond acceptors (Lipinski definition) is 7. The first-order valence-corrected chi connectivity index (χ1v) is 10.6. The minimum absolute atomic E-state index is 0.100. The Balaban J connectivity index is 1.33. The van der Waals surface area contributed by atoms with E-state index in [2.05, 4.69) is 20.5 Å². The highest BCUT2D eigenvalue weighted by Gasteiger charge is 2.35. The molecule has 2 amide bonds. The summed E-state index contributed by atoms with van der Waals surface area (Å²) in [4.78, 5) is 30.6. The minimum atomic E-state index is -0.499. The number of benzene rings is 1. The second-order valence-electron chi connectivity index (χ2n) is 6.35. The molecule has 0 saturated carbocycles. The average Bonchev–Trinajstić information content (AvgIpc) is 3.34. The third-order valence-corrected chi connectivity index (χ3v) is 6.35. The Hall–Kier alpha value is -2.85. The molecule has 0 unspecified atom stereocenters. The van der Waals surface area contributed by atoms with Crippen LogP contribution in [0.5, 0.6) is 0 Å². The molecule has 29 heavy (non-hydrogen) atoms. The van der Waals surface area contributed by atoms with Crippen LogP contribution < -0.4 is 10.2 Å². The van der Waals surface area contributed by atoms with E-state index in [0.29, 0.717) is 16.6 Å².